The number of benzene rings is 1. The van der Waals surface area contributed by atoms with E-state index >= 15 is 0 Å². The quantitative estimate of drug-likeness (QED) is 0.448. The molecule has 11 heteroatoms. The maximum absolute atomic E-state index is 13.2. The molecule has 0 saturated carbocycles. The van der Waals surface area contributed by atoms with E-state index in [0.717, 1.165) is 12.1 Å². The zero-order valence-electron chi connectivity index (χ0n) is 14.8. The Morgan fingerprint density at radius 2 is 1.79 bits per heavy atom. The number of nitro groups is 1. The third kappa shape index (κ3) is 4.55. The summed E-state index contributed by atoms with van der Waals surface area (Å²) in [4.78, 5) is 20.8. The van der Waals surface area contributed by atoms with Crippen LogP contribution in [0.2, 0.25) is 5.22 Å². The maximum atomic E-state index is 13.2. The lowest BCUT2D eigenvalue weighted by molar-refractivity contribution is -0.402. The third-order valence-electron chi connectivity index (χ3n) is 3.66. The number of anilines is 1. The highest BCUT2D eigenvalue weighted by molar-refractivity contribution is 8.00. The van der Waals surface area contributed by atoms with Crippen LogP contribution in [0.25, 0.3) is 11.0 Å². The van der Waals surface area contributed by atoms with E-state index in [1.54, 1.807) is 0 Å². The molecule has 1 aromatic carbocycles. The van der Waals surface area contributed by atoms with Crippen molar-refractivity contribution in [1.82, 2.24) is 0 Å². The predicted octanol–water partition coefficient (Wildman–Crippen LogP) is 4.36. The number of carbonyl (C=O) groups excluding carboxylic acids is 1. The number of halogens is 1. The molecular formula is C18H13ClN2O7S. The van der Waals surface area contributed by atoms with Gasteiger partial charge in [-0.3, -0.25) is 14.9 Å². The molecule has 0 aliphatic carbocycles. The second kappa shape index (κ2) is 7.94. The molecule has 0 atom stereocenters. The first-order valence-corrected chi connectivity index (χ1v) is 9.87. The molecule has 0 fully saturated rings. The van der Waals surface area contributed by atoms with Crippen molar-refractivity contribution in [3.05, 3.63) is 75.4 Å². The Morgan fingerprint density at radius 1 is 1.10 bits per heavy atom. The molecule has 0 unspecified atom stereocenters. The lowest BCUT2D eigenvalue weighted by atomic mass is 10.3. The van der Waals surface area contributed by atoms with Crippen LogP contribution in [0.1, 0.15) is 18.4 Å². The lowest BCUT2D eigenvalue weighted by Gasteiger charge is -2.08. The summed E-state index contributed by atoms with van der Waals surface area (Å²) in [6, 6.07) is 10.5. The van der Waals surface area contributed by atoms with Gasteiger partial charge in [-0.1, -0.05) is 0 Å². The van der Waals surface area contributed by atoms with E-state index in [1.165, 1.54) is 49.4 Å². The molecule has 1 amide bonds. The Morgan fingerprint density at radius 3 is 2.31 bits per heavy atom. The van der Waals surface area contributed by atoms with Crippen LogP contribution in [-0.2, 0) is 14.6 Å². The SMILES string of the molecule is CC(=O)Nc1ccc(S(=O)(=O)/C(=C\c2ccc(Cl)o2)c2ccc([N+](=O)[O-])o2)cc1. The highest BCUT2D eigenvalue weighted by Gasteiger charge is 2.27. The van der Waals surface area contributed by atoms with Gasteiger partial charge in [0.05, 0.1) is 11.0 Å². The van der Waals surface area contributed by atoms with Crippen molar-refractivity contribution >= 4 is 49.9 Å². The molecule has 3 aromatic rings. The molecule has 2 aromatic heterocycles. The minimum Gasteiger partial charge on any atom is -0.445 e. The van der Waals surface area contributed by atoms with Crippen molar-refractivity contribution < 1.29 is 27.0 Å². The zero-order chi connectivity index (χ0) is 21.2. The summed E-state index contributed by atoms with van der Waals surface area (Å²) < 4.78 is 36.7. The Kier molecular flexibility index (Phi) is 5.57. The van der Waals surface area contributed by atoms with Crippen molar-refractivity contribution in [2.45, 2.75) is 11.8 Å². The zero-order valence-corrected chi connectivity index (χ0v) is 16.4. The summed E-state index contributed by atoms with van der Waals surface area (Å²) >= 11 is 5.73. The highest BCUT2D eigenvalue weighted by atomic mass is 35.5. The van der Waals surface area contributed by atoms with Crippen molar-refractivity contribution in [3.63, 3.8) is 0 Å². The van der Waals surface area contributed by atoms with Gasteiger partial charge in [0.2, 0.25) is 15.7 Å². The van der Waals surface area contributed by atoms with Crippen molar-refractivity contribution in [3.8, 4) is 0 Å². The van der Waals surface area contributed by atoms with Gasteiger partial charge in [-0.25, -0.2) is 8.42 Å². The van der Waals surface area contributed by atoms with E-state index in [-0.39, 0.29) is 32.4 Å². The molecule has 0 radical (unpaired) electrons. The summed E-state index contributed by atoms with van der Waals surface area (Å²) in [6.45, 7) is 1.32. The molecule has 0 saturated heterocycles. The average Bonchev–Trinajstić information content (AvgIpc) is 3.28. The first-order chi connectivity index (χ1) is 13.7. The first-order valence-electron chi connectivity index (χ1n) is 8.01. The van der Waals surface area contributed by atoms with Crippen LogP contribution in [0.4, 0.5) is 11.6 Å². The molecular weight excluding hydrogens is 424 g/mol. The number of nitrogens with one attached hydrogen (secondary N) is 1. The van der Waals surface area contributed by atoms with Crippen LogP contribution >= 0.6 is 11.6 Å². The number of amides is 1. The number of nitrogens with zero attached hydrogens (tertiary/aromatic N) is 1. The number of rotatable bonds is 6. The van der Waals surface area contributed by atoms with Gasteiger partial charge in [0, 0.05) is 18.7 Å². The summed E-state index contributed by atoms with van der Waals surface area (Å²) in [5.74, 6) is -1.05. The maximum Gasteiger partial charge on any atom is 0.433 e. The molecule has 3 rings (SSSR count). The molecule has 29 heavy (non-hydrogen) atoms. The second-order valence-corrected chi connectivity index (χ2v) is 8.05. The van der Waals surface area contributed by atoms with E-state index in [1.807, 2.05) is 0 Å². The predicted molar refractivity (Wildman–Crippen MR) is 105 cm³/mol. The van der Waals surface area contributed by atoms with Crippen LogP contribution in [0.5, 0.6) is 0 Å². The summed E-state index contributed by atoms with van der Waals surface area (Å²) in [6.07, 6.45) is 1.16. The van der Waals surface area contributed by atoms with Gasteiger partial charge in [-0.2, -0.15) is 0 Å². The van der Waals surface area contributed by atoms with E-state index in [4.69, 9.17) is 20.4 Å². The van der Waals surface area contributed by atoms with E-state index in [2.05, 4.69) is 5.32 Å². The first kappa shape index (κ1) is 20.4. The smallest absolute Gasteiger partial charge is 0.433 e. The van der Waals surface area contributed by atoms with Crippen molar-refractivity contribution in [2.75, 3.05) is 5.32 Å². The van der Waals surface area contributed by atoms with Crippen molar-refractivity contribution in [2.24, 2.45) is 0 Å². The molecule has 0 spiro atoms. The molecule has 9 nitrogen and oxygen atoms in total. The van der Waals surface area contributed by atoms with Gasteiger partial charge < -0.3 is 14.2 Å². The number of carbonyl (C=O) groups is 1. The lowest BCUT2D eigenvalue weighted by Crippen LogP contribution is -2.07. The van der Waals surface area contributed by atoms with Crippen LogP contribution in [-0.4, -0.2) is 19.2 Å². The fourth-order valence-corrected chi connectivity index (χ4v) is 3.97. The van der Waals surface area contributed by atoms with Crippen LogP contribution in [0.3, 0.4) is 0 Å². The Hall–Kier alpha value is -3.37. The fourth-order valence-electron chi connectivity index (χ4n) is 2.42. The van der Waals surface area contributed by atoms with Gasteiger partial charge in [0.25, 0.3) is 0 Å². The average molecular weight is 437 g/mol. The molecule has 2 heterocycles. The monoisotopic (exact) mass is 436 g/mol. The largest absolute Gasteiger partial charge is 0.445 e. The molecule has 150 valence electrons. The Bertz CT molecular complexity index is 1210. The number of hydrogen-bond donors (Lipinski definition) is 1. The van der Waals surface area contributed by atoms with Crippen LogP contribution in [0, 0.1) is 10.1 Å². The van der Waals surface area contributed by atoms with E-state index < -0.39 is 20.6 Å². The van der Waals surface area contributed by atoms with Gasteiger partial charge in [0.15, 0.2) is 11.0 Å². The Labute approximate surface area is 169 Å². The second-order valence-electron chi connectivity index (χ2n) is 5.75. The highest BCUT2D eigenvalue weighted by Crippen LogP contribution is 2.34. The summed E-state index contributed by atoms with van der Waals surface area (Å²) in [5, 5.41) is 13.5. The van der Waals surface area contributed by atoms with Crippen LogP contribution in [0.15, 0.2) is 62.3 Å². The van der Waals surface area contributed by atoms with Crippen molar-refractivity contribution in [1.29, 1.82) is 0 Å². The molecule has 0 bridgehead atoms. The molecule has 0 aliphatic rings. The van der Waals surface area contributed by atoms with Gasteiger partial charge in [0.1, 0.15) is 15.6 Å². The standard InChI is InChI=1S/C18H13ClN2O7S/c1-11(22)20-12-2-5-14(6-3-12)29(25,26)16(10-13-4-8-17(19)27-13)15-7-9-18(28-15)21(23)24/h2-10H,1H3,(H,20,22)/b16-10-. The van der Waals surface area contributed by atoms with E-state index in [9.17, 15) is 23.3 Å². The minimum absolute atomic E-state index is 0.0399. The van der Waals surface area contributed by atoms with E-state index in [0.29, 0.717) is 5.69 Å². The third-order valence-corrected chi connectivity index (χ3v) is 5.65. The topological polar surface area (TPSA) is 133 Å². The molecule has 1 N–H and O–H groups in total. The number of sulfone groups is 1. The van der Waals surface area contributed by atoms with Gasteiger partial charge in [-0.05, 0) is 54.1 Å². The molecule has 0 aliphatic heterocycles. The summed E-state index contributed by atoms with van der Waals surface area (Å²) in [7, 11) is -4.17. The minimum atomic E-state index is -4.17. The Balaban J connectivity index is 2.10. The van der Waals surface area contributed by atoms with Gasteiger partial charge in [-0.15, -0.1) is 0 Å². The normalized spacial score (nSPS) is 12.0. The van der Waals surface area contributed by atoms with Gasteiger partial charge >= 0.3 is 5.88 Å². The summed E-state index contributed by atoms with van der Waals surface area (Å²) in [5.41, 5.74) is 0.411. The fraction of sp³-hybridized carbons (Fsp3) is 0.0556. The number of furan rings is 2. The van der Waals surface area contributed by atoms with Crippen LogP contribution < -0.4 is 5.32 Å². The number of hydrogen-bond acceptors (Lipinski definition) is 7.